The van der Waals surface area contributed by atoms with Crippen molar-refractivity contribution >= 4 is 16.9 Å². The van der Waals surface area contributed by atoms with Crippen molar-refractivity contribution < 1.29 is 9.47 Å². The molecule has 0 fully saturated rings. The van der Waals surface area contributed by atoms with Crippen LogP contribution in [0, 0.1) is 19.3 Å². The fourth-order valence-corrected chi connectivity index (χ4v) is 2.88. The summed E-state index contributed by atoms with van der Waals surface area (Å²) in [5.41, 5.74) is 9.93. The molecule has 6 heteroatoms. The molecular formula is C17H28N4O2. The van der Waals surface area contributed by atoms with Crippen molar-refractivity contribution in [1.82, 2.24) is 14.5 Å². The van der Waals surface area contributed by atoms with E-state index in [1.807, 2.05) is 13.8 Å². The minimum absolute atomic E-state index is 0.0261. The normalized spacial score (nSPS) is 12.3. The van der Waals surface area contributed by atoms with Gasteiger partial charge >= 0.3 is 0 Å². The summed E-state index contributed by atoms with van der Waals surface area (Å²) in [6, 6.07) is 0. The van der Waals surface area contributed by atoms with Crippen LogP contribution in [-0.4, -0.2) is 34.9 Å². The number of hydrogen-bond donors (Lipinski definition) is 1. The van der Waals surface area contributed by atoms with Gasteiger partial charge in [0.25, 0.3) is 0 Å². The first-order valence-electron chi connectivity index (χ1n) is 7.99. The molecule has 2 heterocycles. The molecule has 0 unspecified atom stereocenters. The number of ether oxygens (including phenoxy) is 2. The Kier molecular flexibility index (Phi) is 5.26. The van der Waals surface area contributed by atoms with Gasteiger partial charge in [-0.3, -0.25) is 0 Å². The maximum absolute atomic E-state index is 6.11. The van der Waals surface area contributed by atoms with Crippen molar-refractivity contribution in [2.45, 2.75) is 47.8 Å². The summed E-state index contributed by atoms with van der Waals surface area (Å²) in [6.45, 7) is 12.9. The Morgan fingerprint density at radius 2 is 1.91 bits per heavy atom. The van der Waals surface area contributed by atoms with Gasteiger partial charge in [0.15, 0.2) is 5.82 Å². The number of nitrogens with two attached hydrogens (primary N) is 1. The smallest absolute Gasteiger partial charge is 0.151 e. The summed E-state index contributed by atoms with van der Waals surface area (Å²) in [6.07, 6.45) is 0. The van der Waals surface area contributed by atoms with Gasteiger partial charge in [0, 0.05) is 31.4 Å². The average molecular weight is 320 g/mol. The summed E-state index contributed by atoms with van der Waals surface area (Å²) >= 11 is 0. The van der Waals surface area contributed by atoms with E-state index in [2.05, 4.69) is 30.3 Å². The molecule has 0 aliphatic rings. The summed E-state index contributed by atoms with van der Waals surface area (Å²) in [5, 5.41) is 0. The summed E-state index contributed by atoms with van der Waals surface area (Å²) in [4.78, 5) is 9.11. The van der Waals surface area contributed by atoms with Crippen LogP contribution in [0.4, 0.5) is 5.82 Å². The second-order valence-corrected chi connectivity index (χ2v) is 6.75. The minimum atomic E-state index is -0.0261. The second kappa shape index (κ2) is 6.84. The van der Waals surface area contributed by atoms with Gasteiger partial charge in [-0.1, -0.05) is 13.8 Å². The molecular weight excluding hydrogens is 292 g/mol. The first-order valence-corrected chi connectivity index (χ1v) is 7.99. The SMILES string of the molecule is CCOCc1nc2c(N)nc(C)c(C)c2n1CC(C)(C)COC. The number of aryl methyl sites for hydroxylation is 2. The summed E-state index contributed by atoms with van der Waals surface area (Å²) < 4.78 is 13.2. The van der Waals surface area contributed by atoms with Gasteiger partial charge in [0.05, 0.1) is 12.1 Å². The lowest BCUT2D eigenvalue weighted by Crippen LogP contribution is -2.26. The molecule has 6 nitrogen and oxygen atoms in total. The highest BCUT2D eigenvalue weighted by Gasteiger charge is 2.24. The third kappa shape index (κ3) is 3.64. The molecule has 2 aromatic rings. The lowest BCUT2D eigenvalue weighted by atomic mass is 9.94. The monoisotopic (exact) mass is 320 g/mol. The Bertz CT molecular complexity index is 692. The van der Waals surface area contributed by atoms with Crippen molar-refractivity contribution in [3.63, 3.8) is 0 Å². The minimum Gasteiger partial charge on any atom is -0.384 e. The Morgan fingerprint density at radius 1 is 1.22 bits per heavy atom. The molecule has 23 heavy (non-hydrogen) atoms. The number of nitrogen functional groups attached to an aromatic ring is 1. The lowest BCUT2D eigenvalue weighted by molar-refractivity contribution is 0.0872. The van der Waals surface area contributed by atoms with Gasteiger partial charge in [-0.2, -0.15) is 0 Å². The van der Waals surface area contributed by atoms with Gasteiger partial charge in [-0.15, -0.1) is 0 Å². The Labute approximate surface area is 138 Å². The van der Waals surface area contributed by atoms with Crippen molar-refractivity contribution in [2.75, 3.05) is 26.1 Å². The number of imidazole rings is 1. The molecule has 0 aromatic carbocycles. The van der Waals surface area contributed by atoms with Crippen LogP contribution in [0.25, 0.3) is 11.0 Å². The first-order chi connectivity index (χ1) is 10.8. The maximum atomic E-state index is 6.11. The zero-order valence-electron chi connectivity index (χ0n) is 15.1. The van der Waals surface area contributed by atoms with E-state index in [1.165, 1.54) is 0 Å². The highest BCUT2D eigenvalue weighted by Crippen LogP contribution is 2.29. The summed E-state index contributed by atoms with van der Waals surface area (Å²) in [5.74, 6) is 1.36. The molecule has 0 amide bonds. The molecule has 0 saturated heterocycles. The number of fused-ring (bicyclic) bond motifs is 1. The van der Waals surface area contributed by atoms with Crippen molar-refractivity contribution in [3.05, 3.63) is 17.1 Å². The van der Waals surface area contributed by atoms with E-state index in [-0.39, 0.29) is 5.41 Å². The second-order valence-electron chi connectivity index (χ2n) is 6.75. The Balaban J connectivity index is 2.62. The quantitative estimate of drug-likeness (QED) is 0.849. The van der Waals surface area contributed by atoms with Crippen LogP contribution in [-0.2, 0) is 22.6 Å². The highest BCUT2D eigenvalue weighted by molar-refractivity contribution is 5.88. The predicted octanol–water partition coefficient (Wildman–Crippen LogP) is 2.84. The zero-order chi connectivity index (χ0) is 17.2. The lowest BCUT2D eigenvalue weighted by Gasteiger charge is -2.26. The summed E-state index contributed by atoms with van der Waals surface area (Å²) in [7, 11) is 1.73. The van der Waals surface area contributed by atoms with E-state index in [9.17, 15) is 0 Å². The molecule has 0 atom stereocenters. The van der Waals surface area contributed by atoms with Crippen LogP contribution in [0.1, 0.15) is 37.9 Å². The zero-order valence-corrected chi connectivity index (χ0v) is 15.1. The van der Waals surface area contributed by atoms with Gasteiger partial charge < -0.3 is 19.8 Å². The van der Waals surface area contributed by atoms with Crippen molar-refractivity contribution in [1.29, 1.82) is 0 Å². The number of anilines is 1. The molecule has 0 spiro atoms. The largest absolute Gasteiger partial charge is 0.384 e. The fraction of sp³-hybridized carbons (Fsp3) is 0.647. The first kappa shape index (κ1) is 17.7. The highest BCUT2D eigenvalue weighted by atomic mass is 16.5. The Hall–Kier alpha value is -1.66. The average Bonchev–Trinajstić information content (AvgIpc) is 2.81. The van der Waals surface area contributed by atoms with E-state index in [0.717, 1.165) is 34.7 Å². The van der Waals surface area contributed by atoms with Crippen molar-refractivity contribution in [2.24, 2.45) is 5.41 Å². The molecule has 2 N–H and O–H groups in total. The van der Waals surface area contributed by atoms with E-state index >= 15 is 0 Å². The Morgan fingerprint density at radius 3 is 2.52 bits per heavy atom. The topological polar surface area (TPSA) is 75.2 Å². The van der Waals surface area contributed by atoms with E-state index in [4.69, 9.17) is 20.2 Å². The third-order valence-corrected chi connectivity index (χ3v) is 4.03. The van der Waals surface area contributed by atoms with Crippen LogP contribution in [0.5, 0.6) is 0 Å². The molecule has 0 bridgehead atoms. The van der Waals surface area contributed by atoms with E-state index in [1.54, 1.807) is 7.11 Å². The molecule has 0 aliphatic carbocycles. The number of pyridine rings is 1. The molecule has 0 aliphatic heterocycles. The number of nitrogens with zero attached hydrogens (tertiary/aromatic N) is 3. The van der Waals surface area contributed by atoms with Gasteiger partial charge in [0.2, 0.25) is 0 Å². The number of rotatable bonds is 7. The molecule has 0 saturated carbocycles. The molecule has 2 rings (SSSR count). The number of methoxy groups -OCH3 is 1. The van der Waals surface area contributed by atoms with Crippen LogP contribution >= 0.6 is 0 Å². The van der Waals surface area contributed by atoms with E-state index in [0.29, 0.717) is 25.6 Å². The van der Waals surface area contributed by atoms with Crippen LogP contribution < -0.4 is 5.73 Å². The predicted molar refractivity (Wildman–Crippen MR) is 92.4 cm³/mol. The molecule has 2 aromatic heterocycles. The van der Waals surface area contributed by atoms with E-state index < -0.39 is 0 Å². The van der Waals surface area contributed by atoms with Crippen LogP contribution in [0.2, 0.25) is 0 Å². The molecule has 128 valence electrons. The third-order valence-electron chi connectivity index (χ3n) is 4.03. The van der Waals surface area contributed by atoms with Gasteiger partial charge in [-0.05, 0) is 26.3 Å². The van der Waals surface area contributed by atoms with Gasteiger partial charge in [-0.25, -0.2) is 9.97 Å². The van der Waals surface area contributed by atoms with Crippen molar-refractivity contribution in [3.8, 4) is 0 Å². The fourth-order valence-electron chi connectivity index (χ4n) is 2.88. The maximum Gasteiger partial charge on any atom is 0.151 e. The molecule has 0 radical (unpaired) electrons. The number of hydrogen-bond acceptors (Lipinski definition) is 5. The standard InChI is InChI=1S/C17H28N4O2/c1-7-23-8-13-20-14-15(11(2)12(3)19-16(14)18)21(13)9-17(4,5)10-22-6/h7-10H2,1-6H3,(H2,18,19). The number of aromatic nitrogens is 3. The van der Waals surface area contributed by atoms with Crippen LogP contribution in [0.15, 0.2) is 0 Å². The van der Waals surface area contributed by atoms with Crippen LogP contribution in [0.3, 0.4) is 0 Å². The van der Waals surface area contributed by atoms with Gasteiger partial charge in [0.1, 0.15) is 17.9 Å².